The molecule has 0 saturated heterocycles. The summed E-state index contributed by atoms with van der Waals surface area (Å²) >= 11 is 0. The second-order valence-corrected chi connectivity index (χ2v) is 5.24. The van der Waals surface area contributed by atoms with Crippen LogP contribution in [0.1, 0.15) is 11.1 Å². The quantitative estimate of drug-likeness (QED) is 0.789. The highest BCUT2D eigenvalue weighted by Crippen LogP contribution is 2.29. The van der Waals surface area contributed by atoms with Gasteiger partial charge in [0.2, 0.25) is 5.88 Å². The van der Waals surface area contributed by atoms with Crippen molar-refractivity contribution in [2.75, 3.05) is 0 Å². The van der Waals surface area contributed by atoms with Crippen molar-refractivity contribution in [3.63, 3.8) is 0 Å². The molecule has 4 heteroatoms. The smallest absolute Gasteiger partial charge is 0.258 e. The van der Waals surface area contributed by atoms with Gasteiger partial charge in [-0.2, -0.15) is 5.26 Å². The lowest BCUT2D eigenvalue weighted by Crippen LogP contribution is -2.18. The fraction of sp³-hybridized carbons (Fsp3) is 0.0526. The molecule has 0 spiro atoms. The van der Waals surface area contributed by atoms with Gasteiger partial charge in [0.1, 0.15) is 11.6 Å². The predicted molar refractivity (Wildman–Crippen MR) is 88.6 cm³/mol. The molecule has 3 aromatic rings. The molecule has 3 rings (SSSR count). The van der Waals surface area contributed by atoms with Gasteiger partial charge in [0, 0.05) is 11.6 Å². The number of nitriles is 1. The van der Waals surface area contributed by atoms with Crippen molar-refractivity contribution < 1.29 is 5.11 Å². The first-order valence-corrected chi connectivity index (χ1v) is 7.13. The second kappa shape index (κ2) is 5.82. The van der Waals surface area contributed by atoms with Gasteiger partial charge in [-0.25, -0.2) is 4.57 Å². The summed E-state index contributed by atoms with van der Waals surface area (Å²) in [6.45, 7) is 1.94. The monoisotopic (exact) mass is 302 g/mol. The van der Waals surface area contributed by atoms with Crippen LogP contribution in [0, 0.1) is 18.3 Å². The molecule has 0 aliphatic carbocycles. The Morgan fingerprint density at radius 1 is 1.04 bits per heavy atom. The van der Waals surface area contributed by atoms with Crippen LogP contribution < -0.4 is 5.56 Å². The topological polar surface area (TPSA) is 66.0 Å². The highest BCUT2D eigenvalue weighted by atomic mass is 16.3. The lowest BCUT2D eigenvalue weighted by molar-refractivity contribution is 0.434. The van der Waals surface area contributed by atoms with Crippen LogP contribution in [0.3, 0.4) is 0 Å². The van der Waals surface area contributed by atoms with Crippen LogP contribution in [0.5, 0.6) is 5.88 Å². The van der Waals surface area contributed by atoms with Gasteiger partial charge in [-0.15, -0.1) is 0 Å². The molecule has 0 aliphatic rings. The van der Waals surface area contributed by atoms with Gasteiger partial charge < -0.3 is 5.11 Å². The first-order chi connectivity index (χ1) is 11.1. The minimum absolute atomic E-state index is 0.0800. The summed E-state index contributed by atoms with van der Waals surface area (Å²) < 4.78 is 1.14. The molecule has 0 amide bonds. The van der Waals surface area contributed by atoms with Gasteiger partial charge in [-0.3, -0.25) is 4.79 Å². The highest BCUT2D eigenvalue weighted by molar-refractivity contribution is 5.72. The van der Waals surface area contributed by atoms with Crippen molar-refractivity contribution in [2.24, 2.45) is 0 Å². The summed E-state index contributed by atoms with van der Waals surface area (Å²) in [4.78, 5) is 12.5. The Labute approximate surface area is 133 Å². The van der Waals surface area contributed by atoms with Crippen LogP contribution in [0.15, 0.2) is 65.5 Å². The Morgan fingerprint density at radius 3 is 2.30 bits per heavy atom. The molecular weight excluding hydrogens is 288 g/mol. The Morgan fingerprint density at radius 2 is 1.70 bits per heavy atom. The molecule has 112 valence electrons. The SMILES string of the molecule is Cc1ccc(-n2c(O)c(C#N)c(-c3ccccc3)cc2=O)cc1. The van der Waals surface area contributed by atoms with E-state index in [1.165, 1.54) is 6.07 Å². The number of pyridine rings is 1. The summed E-state index contributed by atoms with van der Waals surface area (Å²) in [6.07, 6.45) is 0. The van der Waals surface area contributed by atoms with Crippen LogP contribution in [-0.2, 0) is 0 Å². The molecule has 4 nitrogen and oxygen atoms in total. The fourth-order valence-corrected chi connectivity index (χ4v) is 2.50. The van der Waals surface area contributed by atoms with Crippen molar-refractivity contribution in [3.8, 4) is 28.8 Å². The minimum atomic E-state index is -0.385. The number of aromatic nitrogens is 1. The third kappa shape index (κ3) is 2.60. The van der Waals surface area contributed by atoms with E-state index >= 15 is 0 Å². The van der Waals surface area contributed by atoms with Crippen LogP contribution >= 0.6 is 0 Å². The highest BCUT2D eigenvalue weighted by Gasteiger charge is 2.17. The maximum Gasteiger partial charge on any atom is 0.258 e. The average Bonchev–Trinajstić information content (AvgIpc) is 2.57. The van der Waals surface area contributed by atoms with Gasteiger partial charge in [-0.05, 0) is 24.6 Å². The molecule has 1 aromatic heterocycles. The molecule has 0 unspecified atom stereocenters. The van der Waals surface area contributed by atoms with Crippen molar-refractivity contribution in [1.29, 1.82) is 5.26 Å². The standard InChI is InChI=1S/C19H14N2O2/c1-13-7-9-15(10-8-13)21-18(22)11-16(17(12-20)19(21)23)14-5-3-2-4-6-14/h2-11,23H,1H3. The van der Waals surface area contributed by atoms with Crippen LogP contribution in [0.25, 0.3) is 16.8 Å². The normalized spacial score (nSPS) is 10.3. The number of benzene rings is 2. The van der Waals surface area contributed by atoms with E-state index in [1.54, 1.807) is 24.3 Å². The van der Waals surface area contributed by atoms with Crippen LogP contribution in [0.2, 0.25) is 0 Å². The Hall–Kier alpha value is -3.32. The molecule has 0 saturated carbocycles. The zero-order valence-electron chi connectivity index (χ0n) is 12.5. The molecule has 23 heavy (non-hydrogen) atoms. The second-order valence-electron chi connectivity index (χ2n) is 5.24. The number of aromatic hydroxyl groups is 1. The molecule has 0 bridgehead atoms. The molecular formula is C19H14N2O2. The first-order valence-electron chi connectivity index (χ1n) is 7.13. The predicted octanol–water partition coefficient (Wildman–Crippen LogP) is 3.39. The summed E-state index contributed by atoms with van der Waals surface area (Å²) in [5.41, 5.74) is 2.41. The van der Waals surface area contributed by atoms with E-state index in [9.17, 15) is 15.2 Å². The molecule has 0 atom stereocenters. The zero-order chi connectivity index (χ0) is 16.4. The zero-order valence-corrected chi connectivity index (χ0v) is 12.5. The summed E-state index contributed by atoms with van der Waals surface area (Å²) in [5.74, 6) is -0.345. The van der Waals surface area contributed by atoms with Crippen LogP contribution in [-0.4, -0.2) is 9.67 Å². The van der Waals surface area contributed by atoms with E-state index in [0.29, 0.717) is 16.8 Å². The van der Waals surface area contributed by atoms with Crippen molar-refractivity contribution >= 4 is 0 Å². The fourth-order valence-electron chi connectivity index (χ4n) is 2.50. The van der Waals surface area contributed by atoms with Gasteiger partial charge in [0.05, 0.1) is 5.69 Å². The van der Waals surface area contributed by atoms with E-state index in [-0.39, 0.29) is 17.0 Å². The summed E-state index contributed by atoms with van der Waals surface area (Å²) in [7, 11) is 0. The van der Waals surface area contributed by atoms with Gasteiger partial charge in [-0.1, -0.05) is 48.0 Å². The molecule has 0 fully saturated rings. The van der Waals surface area contributed by atoms with Crippen molar-refractivity contribution in [1.82, 2.24) is 4.57 Å². The van der Waals surface area contributed by atoms with E-state index < -0.39 is 0 Å². The van der Waals surface area contributed by atoms with E-state index in [4.69, 9.17) is 0 Å². The van der Waals surface area contributed by atoms with Gasteiger partial charge in [0.15, 0.2) is 0 Å². The molecule has 1 N–H and O–H groups in total. The molecule has 0 radical (unpaired) electrons. The summed E-state index contributed by atoms with van der Waals surface area (Å²) in [5, 5.41) is 19.9. The maximum absolute atomic E-state index is 12.5. The Bertz CT molecular complexity index is 950. The Kier molecular flexibility index (Phi) is 3.70. The lowest BCUT2D eigenvalue weighted by Gasteiger charge is -2.13. The largest absolute Gasteiger partial charge is 0.493 e. The number of nitrogens with zero attached hydrogens (tertiary/aromatic N) is 2. The molecule has 2 aromatic carbocycles. The summed E-state index contributed by atoms with van der Waals surface area (Å²) in [6, 6.07) is 19.6. The minimum Gasteiger partial charge on any atom is -0.493 e. The van der Waals surface area contributed by atoms with Crippen molar-refractivity contribution in [2.45, 2.75) is 6.92 Å². The number of aryl methyl sites for hydroxylation is 1. The van der Waals surface area contributed by atoms with E-state index in [2.05, 4.69) is 0 Å². The van der Waals surface area contributed by atoms with Crippen LogP contribution in [0.4, 0.5) is 0 Å². The molecule has 1 heterocycles. The van der Waals surface area contributed by atoms with E-state index in [1.807, 2.05) is 43.3 Å². The lowest BCUT2D eigenvalue weighted by atomic mass is 10.0. The average molecular weight is 302 g/mol. The third-order valence-corrected chi connectivity index (χ3v) is 3.68. The number of rotatable bonds is 2. The number of hydrogen-bond donors (Lipinski definition) is 1. The van der Waals surface area contributed by atoms with Gasteiger partial charge in [0.25, 0.3) is 5.56 Å². The maximum atomic E-state index is 12.5. The third-order valence-electron chi connectivity index (χ3n) is 3.68. The van der Waals surface area contributed by atoms with Crippen molar-refractivity contribution in [3.05, 3.63) is 82.1 Å². The first kappa shape index (κ1) is 14.6. The van der Waals surface area contributed by atoms with E-state index in [0.717, 1.165) is 10.1 Å². The van der Waals surface area contributed by atoms with Gasteiger partial charge >= 0.3 is 0 Å². The Balaban J connectivity index is 2.28. The number of hydrogen-bond acceptors (Lipinski definition) is 3. The molecule has 0 aliphatic heterocycles.